The van der Waals surface area contributed by atoms with E-state index in [1.54, 1.807) is 0 Å². The smallest absolute Gasteiger partial charge is 0.423 e. The van der Waals surface area contributed by atoms with Crippen LogP contribution in [0.15, 0.2) is 12.4 Å². The SMILES string of the molecule is OB(O)c1cnc(N2C[C@@H]3C[C@H]2CO3)nc1. The summed E-state index contributed by atoms with van der Waals surface area (Å²) < 4.78 is 5.49. The summed E-state index contributed by atoms with van der Waals surface area (Å²) in [5.74, 6) is 0.639. The molecule has 0 unspecified atom stereocenters. The first-order valence-electron chi connectivity index (χ1n) is 5.30. The van der Waals surface area contributed by atoms with E-state index >= 15 is 0 Å². The number of nitrogens with zero attached hydrogens (tertiary/aromatic N) is 3. The minimum atomic E-state index is -1.51. The van der Waals surface area contributed by atoms with E-state index in [-0.39, 0.29) is 0 Å². The van der Waals surface area contributed by atoms with Crippen molar-refractivity contribution in [3.8, 4) is 0 Å². The summed E-state index contributed by atoms with van der Waals surface area (Å²) in [5.41, 5.74) is 0.310. The van der Waals surface area contributed by atoms with Gasteiger partial charge in [0.05, 0.1) is 18.8 Å². The maximum absolute atomic E-state index is 8.93. The molecule has 3 rings (SSSR count). The lowest BCUT2D eigenvalue weighted by atomic mass is 9.83. The van der Waals surface area contributed by atoms with Crippen LogP contribution < -0.4 is 10.4 Å². The Morgan fingerprint density at radius 2 is 2.12 bits per heavy atom. The number of anilines is 1. The van der Waals surface area contributed by atoms with Gasteiger partial charge < -0.3 is 19.7 Å². The van der Waals surface area contributed by atoms with Crippen LogP contribution >= 0.6 is 0 Å². The van der Waals surface area contributed by atoms with Gasteiger partial charge in [-0.1, -0.05) is 0 Å². The molecule has 0 saturated carbocycles. The zero-order chi connectivity index (χ0) is 11.1. The minimum Gasteiger partial charge on any atom is -0.423 e. The largest absolute Gasteiger partial charge is 0.491 e. The Balaban J connectivity index is 1.80. The summed E-state index contributed by atoms with van der Waals surface area (Å²) in [6.07, 6.45) is 4.23. The van der Waals surface area contributed by atoms with Gasteiger partial charge in [-0.3, -0.25) is 0 Å². The molecule has 3 heterocycles. The van der Waals surface area contributed by atoms with Crippen molar-refractivity contribution in [2.45, 2.75) is 18.6 Å². The lowest BCUT2D eigenvalue weighted by Crippen LogP contribution is -2.39. The summed E-state index contributed by atoms with van der Waals surface area (Å²) in [4.78, 5) is 10.4. The molecule has 1 aromatic heterocycles. The second-order valence-corrected chi connectivity index (χ2v) is 4.19. The maximum Gasteiger partial charge on any atom is 0.491 e. The Hall–Kier alpha value is -1.18. The van der Waals surface area contributed by atoms with Crippen molar-refractivity contribution < 1.29 is 14.8 Å². The molecule has 2 N–H and O–H groups in total. The van der Waals surface area contributed by atoms with Gasteiger partial charge in [0.15, 0.2) is 0 Å². The summed E-state index contributed by atoms with van der Waals surface area (Å²) in [6.45, 7) is 1.56. The molecule has 84 valence electrons. The zero-order valence-corrected chi connectivity index (χ0v) is 8.65. The van der Waals surface area contributed by atoms with Gasteiger partial charge in [0, 0.05) is 24.4 Å². The first-order chi connectivity index (χ1) is 7.74. The molecule has 0 aliphatic carbocycles. The van der Waals surface area contributed by atoms with Crippen LogP contribution in [0.5, 0.6) is 0 Å². The molecule has 0 radical (unpaired) electrons. The Bertz CT molecular complexity index is 386. The van der Waals surface area contributed by atoms with Crippen molar-refractivity contribution in [3.63, 3.8) is 0 Å². The molecule has 2 bridgehead atoms. The number of fused-ring (bicyclic) bond motifs is 2. The molecular weight excluding hydrogens is 209 g/mol. The van der Waals surface area contributed by atoms with Crippen LogP contribution in [0.1, 0.15) is 6.42 Å². The second kappa shape index (κ2) is 3.69. The molecule has 2 atom stereocenters. The monoisotopic (exact) mass is 221 g/mol. The van der Waals surface area contributed by atoms with Crippen molar-refractivity contribution >= 4 is 18.5 Å². The Labute approximate surface area is 93.0 Å². The number of hydrogen-bond donors (Lipinski definition) is 2. The molecule has 7 heteroatoms. The summed E-state index contributed by atoms with van der Waals surface area (Å²) >= 11 is 0. The second-order valence-electron chi connectivity index (χ2n) is 4.19. The fourth-order valence-electron chi connectivity index (χ4n) is 2.26. The molecule has 6 nitrogen and oxygen atoms in total. The number of ether oxygens (including phenoxy) is 1. The van der Waals surface area contributed by atoms with E-state index in [1.807, 2.05) is 0 Å². The fraction of sp³-hybridized carbons (Fsp3) is 0.556. The molecule has 2 aliphatic heterocycles. The topological polar surface area (TPSA) is 78.7 Å². The fourth-order valence-corrected chi connectivity index (χ4v) is 2.26. The van der Waals surface area contributed by atoms with Crippen LogP contribution in [0.3, 0.4) is 0 Å². The normalized spacial score (nSPS) is 27.5. The van der Waals surface area contributed by atoms with Crippen LogP contribution in [-0.2, 0) is 4.74 Å². The number of aromatic nitrogens is 2. The van der Waals surface area contributed by atoms with Crippen LogP contribution in [0, 0.1) is 0 Å². The van der Waals surface area contributed by atoms with E-state index in [4.69, 9.17) is 14.8 Å². The molecule has 2 fully saturated rings. The van der Waals surface area contributed by atoms with Crippen LogP contribution in [0.2, 0.25) is 0 Å². The molecule has 16 heavy (non-hydrogen) atoms. The van der Waals surface area contributed by atoms with Crippen molar-refractivity contribution in [2.75, 3.05) is 18.1 Å². The lowest BCUT2D eigenvalue weighted by molar-refractivity contribution is 0.0986. The van der Waals surface area contributed by atoms with Crippen molar-refractivity contribution in [1.29, 1.82) is 0 Å². The quantitative estimate of drug-likeness (QED) is 0.570. The van der Waals surface area contributed by atoms with E-state index in [0.29, 0.717) is 23.6 Å². The predicted octanol–water partition coefficient (Wildman–Crippen LogP) is -1.87. The van der Waals surface area contributed by atoms with Gasteiger partial charge >= 0.3 is 7.12 Å². The number of morpholine rings is 1. The molecule has 1 aromatic rings. The van der Waals surface area contributed by atoms with Gasteiger partial charge in [0.2, 0.25) is 5.95 Å². The number of rotatable bonds is 2. The van der Waals surface area contributed by atoms with E-state index in [2.05, 4.69) is 14.9 Å². The predicted molar refractivity (Wildman–Crippen MR) is 57.3 cm³/mol. The summed E-state index contributed by atoms with van der Waals surface area (Å²) in [6, 6.07) is 0.370. The van der Waals surface area contributed by atoms with E-state index in [9.17, 15) is 0 Å². The molecular formula is C9H12BN3O3. The molecule has 0 amide bonds. The third kappa shape index (κ3) is 1.57. The lowest BCUT2D eigenvalue weighted by Gasteiger charge is -2.26. The van der Waals surface area contributed by atoms with Gasteiger partial charge in [-0.2, -0.15) is 0 Å². The average molecular weight is 221 g/mol. The van der Waals surface area contributed by atoms with E-state index in [0.717, 1.165) is 19.6 Å². The van der Waals surface area contributed by atoms with Gasteiger partial charge in [-0.15, -0.1) is 0 Å². The van der Waals surface area contributed by atoms with Crippen molar-refractivity contribution in [1.82, 2.24) is 9.97 Å². The Kier molecular flexibility index (Phi) is 2.31. The van der Waals surface area contributed by atoms with Crippen LogP contribution in [0.4, 0.5) is 5.95 Å². The first-order valence-corrected chi connectivity index (χ1v) is 5.30. The molecule has 0 aromatic carbocycles. The standard InChI is InChI=1S/C9H12BN3O3/c14-10(15)6-2-11-9(12-3-6)13-4-8-1-7(13)5-16-8/h2-3,7-8,14-15H,1,4-5H2/t7-,8-/m0/s1. The zero-order valence-electron chi connectivity index (χ0n) is 8.65. The van der Waals surface area contributed by atoms with Gasteiger partial charge in [-0.05, 0) is 6.42 Å². The molecule has 2 saturated heterocycles. The van der Waals surface area contributed by atoms with Gasteiger partial charge in [0.1, 0.15) is 0 Å². The van der Waals surface area contributed by atoms with Crippen molar-refractivity contribution in [3.05, 3.63) is 12.4 Å². The van der Waals surface area contributed by atoms with E-state index < -0.39 is 7.12 Å². The third-order valence-corrected chi connectivity index (χ3v) is 3.11. The summed E-state index contributed by atoms with van der Waals surface area (Å²) in [5, 5.41) is 17.9. The minimum absolute atomic E-state index is 0.303. The van der Waals surface area contributed by atoms with E-state index in [1.165, 1.54) is 12.4 Å². The maximum atomic E-state index is 8.93. The first kappa shape index (κ1) is 10.0. The number of hydrogen-bond acceptors (Lipinski definition) is 6. The Morgan fingerprint density at radius 3 is 2.62 bits per heavy atom. The van der Waals surface area contributed by atoms with Crippen LogP contribution in [0.25, 0.3) is 0 Å². The summed E-state index contributed by atoms with van der Waals surface area (Å²) in [7, 11) is -1.51. The van der Waals surface area contributed by atoms with Crippen molar-refractivity contribution in [2.24, 2.45) is 0 Å². The molecule has 2 aliphatic rings. The highest BCUT2D eigenvalue weighted by atomic mass is 16.5. The third-order valence-electron chi connectivity index (χ3n) is 3.11. The van der Waals surface area contributed by atoms with Crippen LogP contribution in [-0.4, -0.2) is 52.4 Å². The van der Waals surface area contributed by atoms with Gasteiger partial charge in [-0.25, -0.2) is 9.97 Å². The highest BCUT2D eigenvalue weighted by molar-refractivity contribution is 6.58. The highest BCUT2D eigenvalue weighted by Gasteiger charge is 2.40. The Morgan fingerprint density at radius 1 is 1.38 bits per heavy atom. The highest BCUT2D eigenvalue weighted by Crippen LogP contribution is 2.29. The van der Waals surface area contributed by atoms with Gasteiger partial charge in [0.25, 0.3) is 0 Å². The molecule has 0 spiro atoms. The average Bonchev–Trinajstić information content (AvgIpc) is 2.91.